The average molecular weight is 300 g/mol. The minimum absolute atomic E-state index is 0.221. The predicted molar refractivity (Wildman–Crippen MR) is 90.8 cm³/mol. The first-order chi connectivity index (χ1) is 10.8. The third-order valence-corrected chi connectivity index (χ3v) is 5.33. The highest BCUT2D eigenvalue weighted by atomic mass is 16.2. The Labute approximate surface area is 133 Å². The van der Waals surface area contributed by atoms with E-state index in [1.54, 1.807) is 0 Å². The van der Waals surface area contributed by atoms with E-state index in [0.717, 1.165) is 11.3 Å². The van der Waals surface area contributed by atoms with Gasteiger partial charge in [-0.2, -0.15) is 0 Å². The number of nitrogens with zero attached hydrogens (tertiary/aromatic N) is 1. The molecule has 0 aliphatic heterocycles. The minimum Gasteiger partial charge on any atom is -0.399 e. The lowest BCUT2D eigenvalue weighted by atomic mass is 9.88. The Morgan fingerprint density at radius 2 is 1.27 bits per heavy atom. The number of amides is 1. The molecule has 3 nitrogen and oxygen atoms in total. The van der Waals surface area contributed by atoms with Crippen molar-refractivity contribution in [2.75, 3.05) is 5.73 Å². The van der Waals surface area contributed by atoms with Gasteiger partial charge in [-0.05, 0) is 49.9 Å². The van der Waals surface area contributed by atoms with Crippen LogP contribution in [-0.2, 0) is 0 Å². The van der Waals surface area contributed by atoms with Gasteiger partial charge in [0.05, 0.1) is 0 Å². The maximum atomic E-state index is 13.1. The van der Waals surface area contributed by atoms with Crippen LogP contribution in [-0.4, -0.2) is 22.9 Å². The second-order valence-corrected chi connectivity index (χ2v) is 6.92. The van der Waals surface area contributed by atoms with E-state index in [1.165, 1.54) is 64.2 Å². The van der Waals surface area contributed by atoms with Gasteiger partial charge in [0.1, 0.15) is 0 Å². The zero-order valence-corrected chi connectivity index (χ0v) is 13.5. The van der Waals surface area contributed by atoms with Gasteiger partial charge in [0, 0.05) is 23.3 Å². The zero-order valence-electron chi connectivity index (χ0n) is 13.5. The molecule has 2 fully saturated rings. The van der Waals surface area contributed by atoms with Gasteiger partial charge in [-0.25, -0.2) is 0 Å². The van der Waals surface area contributed by atoms with Crippen LogP contribution in [0.15, 0.2) is 24.3 Å². The first kappa shape index (κ1) is 15.4. The summed E-state index contributed by atoms with van der Waals surface area (Å²) in [5.74, 6) is 0.221. The number of carbonyl (C=O) groups excluding carboxylic acids is 1. The summed E-state index contributed by atoms with van der Waals surface area (Å²) in [5.41, 5.74) is 7.28. The first-order valence-electron chi connectivity index (χ1n) is 8.94. The predicted octanol–water partition coefficient (Wildman–Crippen LogP) is 4.38. The van der Waals surface area contributed by atoms with Crippen LogP contribution in [0.25, 0.3) is 0 Å². The van der Waals surface area contributed by atoms with Crippen molar-refractivity contribution in [3.63, 3.8) is 0 Å². The van der Waals surface area contributed by atoms with E-state index in [9.17, 15) is 4.79 Å². The molecular weight excluding hydrogens is 272 g/mol. The Kier molecular flexibility index (Phi) is 5.01. The number of rotatable bonds is 3. The van der Waals surface area contributed by atoms with Gasteiger partial charge >= 0.3 is 0 Å². The van der Waals surface area contributed by atoms with Crippen molar-refractivity contribution >= 4 is 11.6 Å². The lowest BCUT2D eigenvalue weighted by Crippen LogP contribution is -2.48. The molecule has 0 aromatic heterocycles. The summed E-state index contributed by atoms with van der Waals surface area (Å²) in [7, 11) is 0. The van der Waals surface area contributed by atoms with Crippen molar-refractivity contribution in [2.24, 2.45) is 0 Å². The Balaban J connectivity index is 1.82. The lowest BCUT2D eigenvalue weighted by molar-refractivity contribution is 0.0448. The Bertz CT molecular complexity index is 467. The molecule has 0 spiro atoms. The fourth-order valence-corrected chi connectivity index (χ4v) is 4.12. The molecule has 1 aromatic carbocycles. The number of hydrogen-bond acceptors (Lipinski definition) is 2. The fourth-order valence-electron chi connectivity index (χ4n) is 4.12. The van der Waals surface area contributed by atoms with Crippen LogP contribution < -0.4 is 5.73 Å². The monoisotopic (exact) mass is 300 g/mol. The van der Waals surface area contributed by atoms with Crippen LogP contribution in [0.1, 0.15) is 74.6 Å². The summed E-state index contributed by atoms with van der Waals surface area (Å²) in [6.45, 7) is 0. The van der Waals surface area contributed by atoms with Crippen LogP contribution in [0.4, 0.5) is 5.69 Å². The molecule has 0 atom stereocenters. The molecule has 0 bridgehead atoms. The van der Waals surface area contributed by atoms with Gasteiger partial charge in [-0.3, -0.25) is 4.79 Å². The molecule has 2 saturated carbocycles. The lowest BCUT2D eigenvalue weighted by Gasteiger charge is -2.42. The molecule has 0 unspecified atom stereocenters. The topological polar surface area (TPSA) is 46.3 Å². The highest BCUT2D eigenvalue weighted by Gasteiger charge is 2.32. The van der Waals surface area contributed by atoms with Crippen LogP contribution in [0.3, 0.4) is 0 Å². The van der Waals surface area contributed by atoms with Crippen LogP contribution >= 0.6 is 0 Å². The van der Waals surface area contributed by atoms with E-state index >= 15 is 0 Å². The quantitative estimate of drug-likeness (QED) is 0.842. The molecule has 2 N–H and O–H groups in total. The molecule has 1 aromatic rings. The van der Waals surface area contributed by atoms with Gasteiger partial charge in [-0.15, -0.1) is 0 Å². The van der Waals surface area contributed by atoms with Gasteiger partial charge in [-0.1, -0.05) is 38.5 Å². The maximum Gasteiger partial charge on any atom is 0.254 e. The first-order valence-corrected chi connectivity index (χ1v) is 8.94. The van der Waals surface area contributed by atoms with E-state index in [2.05, 4.69) is 4.90 Å². The standard InChI is InChI=1S/C19H28N2O/c20-16-13-11-15(12-14-16)19(22)21(17-7-3-1-4-8-17)18-9-5-2-6-10-18/h11-14,17-18H,1-10,20H2. The van der Waals surface area contributed by atoms with Gasteiger partial charge < -0.3 is 10.6 Å². The molecule has 0 heterocycles. The van der Waals surface area contributed by atoms with Crippen molar-refractivity contribution in [2.45, 2.75) is 76.3 Å². The van der Waals surface area contributed by atoms with Crippen LogP contribution in [0, 0.1) is 0 Å². The number of nitrogens with two attached hydrogens (primary N) is 1. The third kappa shape index (κ3) is 3.45. The Morgan fingerprint density at radius 3 is 1.73 bits per heavy atom. The molecule has 1 amide bonds. The smallest absolute Gasteiger partial charge is 0.254 e. The Hall–Kier alpha value is -1.51. The molecule has 120 valence electrons. The highest BCUT2D eigenvalue weighted by molar-refractivity contribution is 5.95. The van der Waals surface area contributed by atoms with E-state index in [1.807, 2.05) is 24.3 Å². The fraction of sp³-hybridized carbons (Fsp3) is 0.632. The molecule has 2 aliphatic rings. The summed E-state index contributed by atoms with van der Waals surface area (Å²) in [5, 5.41) is 0. The summed E-state index contributed by atoms with van der Waals surface area (Å²) >= 11 is 0. The van der Waals surface area contributed by atoms with E-state index < -0.39 is 0 Å². The summed E-state index contributed by atoms with van der Waals surface area (Å²) < 4.78 is 0. The second-order valence-electron chi connectivity index (χ2n) is 6.92. The van der Waals surface area contributed by atoms with Crippen molar-refractivity contribution in [3.05, 3.63) is 29.8 Å². The second kappa shape index (κ2) is 7.17. The zero-order chi connectivity index (χ0) is 15.4. The number of nitrogen functional groups attached to an aromatic ring is 1. The molecule has 0 saturated heterocycles. The van der Waals surface area contributed by atoms with E-state index in [4.69, 9.17) is 5.73 Å². The average Bonchev–Trinajstić information content (AvgIpc) is 2.57. The molecule has 3 rings (SSSR count). The van der Waals surface area contributed by atoms with Crippen LogP contribution in [0.2, 0.25) is 0 Å². The minimum atomic E-state index is 0.221. The van der Waals surface area contributed by atoms with E-state index in [-0.39, 0.29) is 5.91 Å². The Morgan fingerprint density at radius 1 is 0.818 bits per heavy atom. The number of carbonyl (C=O) groups is 1. The normalized spacial score (nSPS) is 20.7. The molecule has 22 heavy (non-hydrogen) atoms. The van der Waals surface area contributed by atoms with Crippen molar-refractivity contribution in [3.8, 4) is 0 Å². The molecule has 2 aliphatic carbocycles. The molecular formula is C19H28N2O. The largest absolute Gasteiger partial charge is 0.399 e. The number of anilines is 1. The third-order valence-electron chi connectivity index (χ3n) is 5.33. The summed E-state index contributed by atoms with van der Waals surface area (Å²) in [4.78, 5) is 15.4. The van der Waals surface area contributed by atoms with Gasteiger partial charge in [0.15, 0.2) is 0 Å². The van der Waals surface area contributed by atoms with Gasteiger partial charge in [0.25, 0.3) is 5.91 Å². The molecule has 3 heteroatoms. The van der Waals surface area contributed by atoms with Crippen molar-refractivity contribution in [1.82, 2.24) is 4.90 Å². The maximum absolute atomic E-state index is 13.1. The van der Waals surface area contributed by atoms with Gasteiger partial charge in [0.2, 0.25) is 0 Å². The summed E-state index contributed by atoms with van der Waals surface area (Å²) in [6, 6.07) is 8.34. The van der Waals surface area contributed by atoms with Crippen molar-refractivity contribution < 1.29 is 4.79 Å². The number of benzene rings is 1. The van der Waals surface area contributed by atoms with E-state index in [0.29, 0.717) is 12.1 Å². The SMILES string of the molecule is Nc1ccc(C(=O)N(C2CCCCC2)C2CCCCC2)cc1. The highest BCUT2D eigenvalue weighted by Crippen LogP contribution is 2.31. The van der Waals surface area contributed by atoms with Crippen LogP contribution in [0.5, 0.6) is 0 Å². The molecule has 0 radical (unpaired) electrons. The number of hydrogen-bond donors (Lipinski definition) is 1. The summed E-state index contributed by atoms with van der Waals surface area (Å²) in [6.07, 6.45) is 12.4. The van der Waals surface area contributed by atoms with Crippen molar-refractivity contribution in [1.29, 1.82) is 0 Å².